The number of carbonyl (C=O) groups is 2. The summed E-state index contributed by atoms with van der Waals surface area (Å²) in [5, 5.41) is 9.12. The molecular formula is C12H20N2O4S. The highest BCUT2D eigenvalue weighted by atomic mass is 32.2. The van der Waals surface area contributed by atoms with Crippen LogP contribution in [0.15, 0.2) is 0 Å². The molecular weight excluding hydrogens is 268 g/mol. The van der Waals surface area contributed by atoms with Gasteiger partial charge in [0.25, 0.3) is 0 Å². The van der Waals surface area contributed by atoms with Gasteiger partial charge in [0, 0.05) is 25.4 Å². The maximum atomic E-state index is 12.5. The molecule has 19 heavy (non-hydrogen) atoms. The lowest BCUT2D eigenvalue weighted by atomic mass is 10.3. The van der Waals surface area contributed by atoms with Crippen LogP contribution in [-0.2, 0) is 9.53 Å². The molecule has 2 heterocycles. The highest BCUT2D eigenvalue weighted by molar-refractivity contribution is 8.00. The van der Waals surface area contributed by atoms with Crippen molar-refractivity contribution >= 4 is 23.8 Å². The van der Waals surface area contributed by atoms with Gasteiger partial charge in [-0.15, -0.1) is 11.8 Å². The van der Waals surface area contributed by atoms with Gasteiger partial charge in [-0.3, -0.25) is 4.90 Å². The van der Waals surface area contributed by atoms with E-state index in [1.807, 2.05) is 13.8 Å². The van der Waals surface area contributed by atoms with Crippen molar-refractivity contribution in [3.8, 4) is 0 Å². The zero-order chi connectivity index (χ0) is 14.0. The molecule has 2 rings (SSSR count). The van der Waals surface area contributed by atoms with Gasteiger partial charge in [0.1, 0.15) is 6.04 Å². The molecule has 2 saturated heterocycles. The lowest BCUT2D eigenvalue weighted by Gasteiger charge is -2.32. The fourth-order valence-corrected chi connectivity index (χ4v) is 3.62. The van der Waals surface area contributed by atoms with E-state index in [9.17, 15) is 14.7 Å². The van der Waals surface area contributed by atoms with Crippen molar-refractivity contribution in [3.63, 3.8) is 0 Å². The predicted molar refractivity (Wildman–Crippen MR) is 72.2 cm³/mol. The summed E-state index contributed by atoms with van der Waals surface area (Å²) in [6, 6.07) is -0.894. The van der Waals surface area contributed by atoms with Crippen LogP contribution in [0.25, 0.3) is 0 Å². The Morgan fingerprint density at radius 1 is 1.37 bits per heavy atom. The predicted octanol–water partition coefficient (Wildman–Crippen LogP) is 1.07. The topological polar surface area (TPSA) is 70.1 Å². The van der Waals surface area contributed by atoms with E-state index in [1.165, 1.54) is 16.7 Å². The van der Waals surface area contributed by atoms with E-state index in [2.05, 4.69) is 0 Å². The largest absolute Gasteiger partial charge is 0.480 e. The fraction of sp³-hybridized carbons (Fsp3) is 0.833. The summed E-state index contributed by atoms with van der Waals surface area (Å²) in [5.74, 6) is -0.466. The minimum absolute atomic E-state index is 0.000269. The Balaban J connectivity index is 2.10. The first-order valence-corrected chi connectivity index (χ1v) is 7.59. The number of urea groups is 1. The van der Waals surface area contributed by atoms with Gasteiger partial charge >= 0.3 is 12.0 Å². The van der Waals surface area contributed by atoms with Crippen molar-refractivity contribution < 1.29 is 19.4 Å². The molecule has 2 fully saturated rings. The Morgan fingerprint density at radius 3 is 2.79 bits per heavy atom. The summed E-state index contributed by atoms with van der Waals surface area (Å²) in [4.78, 5) is 27.0. The first kappa shape index (κ1) is 14.5. The lowest BCUT2D eigenvalue weighted by Crippen LogP contribution is -2.52. The highest BCUT2D eigenvalue weighted by Gasteiger charge is 2.41. The number of carboxylic acid groups (broad SMARTS) is 1. The Labute approximate surface area is 117 Å². The van der Waals surface area contributed by atoms with E-state index in [4.69, 9.17) is 4.74 Å². The van der Waals surface area contributed by atoms with Gasteiger partial charge < -0.3 is 14.7 Å². The summed E-state index contributed by atoms with van der Waals surface area (Å²) in [6.07, 6.45) is 0.795. The third-order valence-electron chi connectivity index (χ3n) is 3.45. The van der Waals surface area contributed by atoms with Crippen LogP contribution in [0.3, 0.4) is 0 Å². The summed E-state index contributed by atoms with van der Waals surface area (Å²) in [7, 11) is 0. The summed E-state index contributed by atoms with van der Waals surface area (Å²) >= 11 is 1.51. The minimum atomic E-state index is -0.927. The van der Waals surface area contributed by atoms with E-state index in [1.54, 1.807) is 4.90 Å². The fourth-order valence-electron chi connectivity index (χ4n) is 2.45. The number of carboxylic acids is 1. The minimum Gasteiger partial charge on any atom is -0.480 e. The van der Waals surface area contributed by atoms with Crippen LogP contribution in [-0.4, -0.2) is 69.9 Å². The molecule has 0 bridgehead atoms. The van der Waals surface area contributed by atoms with Gasteiger partial charge in [-0.05, 0) is 20.3 Å². The summed E-state index contributed by atoms with van der Waals surface area (Å²) in [6.45, 7) is 5.62. The van der Waals surface area contributed by atoms with Gasteiger partial charge in [0.2, 0.25) is 0 Å². The van der Waals surface area contributed by atoms with Crippen LogP contribution in [0.5, 0.6) is 0 Å². The average molecular weight is 288 g/mol. The summed E-state index contributed by atoms with van der Waals surface area (Å²) < 4.78 is 5.51. The smallest absolute Gasteiger partial charge is 0.327 e. The number of rotatable bonds is 1. The number of amides is 2. The molecule has 0 radical (unpaired) electrons. The molecule has 0 aromatic carbocycles. The summed E-state index contributed by atoms with van der Waals surface area (Å²) in [5.41, 5.74) is 0. The van der Waals surface area contributed by atoms with Crippen LogP contribution in [0.1, 0.15) is 20.3 Å². The molecule has 0 aromatic heterocycles. The molecule has 2 aliphatic heterocycles. The second-order valence-electron chi connectivity index (χ2n) is 4.96. The van der Waals surface area contributed by atoms with Crippen molar-refractivity contribution in [3.05, 3.63) is 0 Å². The van der Waals surface area contributed by atoms with E-state index in [0.29, 0.717) is 25.4 Å². The van der Waals surface area contributed by atoms with Crippen molar-refractivity contribution in [2.75, 3.05) is 25.4 Å². The van der Waals surface area contributed by atoms with Crippen LogP contribution in [0.2, 0.25) is 0 Å². The zero-order valence-electron chi connectivity index (χ0n) is 11.2. The molecule has 0 saturated carbocycles. The normalized spacial score (nSPS) is 32.2. The monoisotopic (exact) mass is 288 g/mol. The molecule has 6 nitrogen and oxygen atoms in total. The van der Waals surface area contributed by atoms with Gasteiger partial charge in [0.05, 0.1) is 11.5 Å². The lowest BCUT2D eigenvalue weighted by molar-refractivity contribution is -0.141. The van der Waals surface area contributed by atoms with E-state index < -0.39 is 12.0 Å². The van der Waals surface area contributed by atoms with Crippen molar-refractivity contribution in [2.45, 2.75) is 37.8 Å². The van der Waals surface area contributed by atoms with E-state index in [0.717, 1.165) is 6.42 Å². The van der Waals surface area contributed by atoms with Crippen LogP contribution in [0.4, 0.5) is 4.79 Å². The maximum Gasteiger partial charge on any atom is 0.327 e. The van der Waals surface area contributed by atoms with Crippen molar-refractivity contribution in [1.29, 1.82) is 0 Å². The molecule has 2 amide bonds. The Kier molecular flexibility index (Phi) is 4.57. The zero-order valence-corrected chi connectivity index (χ0v) is 12.1. The molecule has 108 valence electrons. The molecule has 0 aliphatic carbocycles. The highest BCUT2D eigenvalue weighted by Crippen LogP contribution is 2.30. The van der Waals surface area contributed by atoms with Crippen LogP contribution in [0, 0.1) is 0 Å². The number of thioether (sulfide) groups is 1. The van der Waals surface area contributed by atoms with Gasteiger partial charge in [-0.25, -0.2) is 9.59 Å². The molecule has 7 heteroatoms. The number of hydrogen-bond donors (Lipinski definition) is 1. The van der Waals surface area contributed by atoms with E-state index in [-0.39, 0.29) is 17.5 Å². The Morgan fingerprint density at radius 2 is 2.11 bits per heavy atom. The third kappa shape index (κ3) is 3.14. The SMILES string of the molecule is CC1CN(C(=O)N2C(C)SCC2C(=O)O)CCCO1. The van der Waals surface area contributed by atoms with Crippen molar-refractivity contribution in [2.24, 2.45) is 0 Å². The molecule has 2 aliphatic rings. The Hall–Kier alpha value is -0.950. The van der Waals surface area contributed by atoms with Gasteiger partial charge in [-0.2, -0.15) is 0 Å². The van der Waals surface area contributed by atoms with Crippen molar-refractivity contribution in [1.82, 2.24) is 9.80 Å². The number of carbonyl (C=O) groups excluding carboxylic acids is 1. The average Bonchev–Trinajstić information content (AvgIpc) is 2.60. The molecule has 1 N–H and O–H groups in total. The van der Waals surface area contributed by atoms with E-state index >= 15 is 0 Å². The quantitative estimate of drug-likeness (QED) is 0.781. The molecule has 0 spiro atoms. The number of ether oxygens (including phenoxy) is 1. The molecule has 3 atom stereocenters. The standard InChI is InChI=1S/C12H20N2O4S/c1-8-6-13(4-3-5-18-8)12(17)14-9(2)19-7-10(14)11(15)16/h8-10H,3-7H2,1-2H3,(H,15,16). The van der Waals surface area contributed by atoms with Crippen LogP contribution < -0.4 is 0 Å². The Bertz CT molecular complexity index is 366. The second kappa shape index (κ2) is 6.00. The first-order chi connectivity index (χ1) is 9.00. The van der Waals surface area contributed by atoms with Gasteiger partial charge in [0.15, 0.2) is 0 Å². The number of nitrogens with zero attached hydrogens (tertiary/aromatic N) is 2. The second-order valence-corrected chi connectivity index (χ2v) is 6.31. The molecule has 0 aromatic rings. The number of hydrogen-bond acceptors (Lipinski definition) is 4. The first-order valence-electron chi connectivity index (χ1n) is 6.54. The van der Waals surface area contributed by atoms with Gasteiger partial charge in [-0.1, -0.05) is 0 Å². The van der Waals surface area contributed by atoms with Crippen LogP contribution >= 0.6 is 11.8 Å². The number of aliphatic carboxylic acids is 1. The third-order valence-corrected chi connectivity index (χ3v) is 4.67. The molecule has 3 unspecified atom stereocenters. The maximum absolute atomic E-state index is 12.5.